The molecule has 0 fully saturated rings. The second-order valence-electron chi connectivity index (χ2n) is 1.95. The maximum Gasteiger partial charge on any atom is 0.362 e. The fraction of sp³-hybridized carbons (Fsp3) is 0. The fourth-order valence-electron chi connectivity index (χ4n) is 0.677. The first kappa shape index (κ1) is 8.74. The van der Waals surface area contributed by atoms with E-state index < -0.39 is 0 Å². The van der Waals surface area contributed by atoms with Crippen molar-refractivity contribution < 1.29 is 9.47 Å². The lowest BCUT2D eigenvalue weighted by Gasteiger charge is -2.03. The Morgan fingerprint density at radius 2 is 2.00 bits per heavy atom. The van der Waals surface area contributed by atoms with Crippen LogP contribution in [0.15, 0.2) is 43.2 Å². The lowest BCUT2D eigenvalue weighted by Crippen LogP contribution is -2.05. The average molecular weight is 180 g/mol. The number of thiocarbonyl (C=S) groups is 1. The summed E-state index contributed by atoms with van der Waals surface area (Å²) >= 11 is 4.72. The topological polar surface area (TPSA) is 18.5 Å². The Kier molecular flexibility index (Phi) is 3.29. The standard InChI is InChI=1S/C9H8O2S/c1-2-10-9(12)11-8-6-4-3-5-7-8/h2-7H,1H2. The highest BCUT2D eigenvalue weighted by Gasteiger charge is 1.96. The molecule has 0 saturated heterocycles. The van der Waals surface area contributed by atoms with Crippen molar-refractivity contribution in [2.75, 3.05) is 0 Å². The maximum atomic E-state index is 5.09. The smallest absolute Gasteiger partial charge is 0.362 e. The molecular formula is C9H8O2S. The van der Waals surface area contributed by atoms with Gasteiger partial charge in [-0.2, -0.15) is 0 Å². The number of ether oxygens (including phenoxy) is 2. The molecule has 0 bridgehead atoms. The van der Waals surface area contributed by atoms with E-state index in [4.69, 9.17) is 21.7 Å². The quantitative estimate of drug-likeness (QED) is 0.514. The first-order valence-electron chi connectivity index (χ1n) is 3.37. The van der Waals surface area contributed by atoms with Crippen LogP contribution >= 0.6 is 12.2 Å². The largest absolute Gasteiger partial charge is 0.426 e. The van der Waals surface area contributed by atoms with E-state index >= 15 is 0 Å². The van der Waals surface area contributed by atoms with E-state index in [2.05, 4.69) is 6.58 Å². The molecule has 1 aromatic carbocycles. The molecule has 0 aliphatic rings. The minimum atomic E-state index is 0.0520. The van der Waals surface area contributed by atoms with Crippen molar-refractivity contribution in [3.8, 4) is 5.75 Å². The second kappa shape index (κ2) is 4.51. The zero-order valence-corrected chi connectivity index (χ0v) is 7.21. The van der Waals surface area contributed by atoms with E-state index in [0.717, 1.165) is 0 Å². The molecular weight excluding hydrogens is 172 g/mol. The Bertz CT molecular complexity index is 269. The molecule has 12 heavy (non-hydrogen) atoms. The molecule has 0 amide bonds. The third-order valence-electron chi connectivity index (χ3n) is 1.12. The highest BCUT2D eigenvalue weighted by atomic mass is 32.1. The highest BCUT2D eigenvalue weighted by molar-refractivity contribution is 7.79. The van der Waals surface area contributed by atoms with E-state index in [-0.39, 0.29) is 5.24 Å². The molecule has 3 heteroatoms. The molecule has 0 aliphatic carbocycles. The number of benzene rings is 1. The van der Waals surface area contributed by atoms with Gasteiger partial charge in [-0.3, -0.25) is 0 Å². The van der Waals surface area contributed by atoms with Crippen LogP contribution in [0.2, 0.25) is 0 Å². The Morgan fingerprint density at radius 3 is 2.58 bits per heavy atom. The fourth-order valence-corrected chi connectivity index (χ4v) is 0.841. The molecule has 0 atom stereocenters. The van der Waals surface area contributed by atoms with Crippen molar-refractivity contribution in [2.24, 2.45) is 0 Å². The normalized spacial score (nSPS) is 8.67. The molecule has 1 rings (SSSR count). The lowest BCUT2D eigenvalue weighted by molar-refractivity contribution is 0.359. The number of hydrogen-bond acceptors (Lipinski definition) is 3. The number of hydrogen-bond donors (Lipinski definition) is 0. The van der Waals surface area contributed by atoms with E-state index in [0.29, 0.717) is 5.75 Å². The summed E-state index contributed by atoms with van der Waals surface area (Å²) < 4.78 is 9.81. The molecule has 2 nitrogen and oxygen atoms in total. The van der Waals surface area contributed by atoms with Gasteiger partial charge in [0.15, 0.2) is 0 Å². The molecule has 0 N–H and O–H groups in total. The van der Waals surface area contributed by atoms with Gasteiger partial charge in [0, 0.05) is 12.2 Å². The van der Waals surface area contributed by atoms with Gasteiger partial charge in [0.05, 0.1) is 6.26 Å². The predicted octanol–water partition coefficient (Wildman–Crippen LogP) is 2.51. The summed E-state index contributed by atoms with van der Waals surface area (Å²) in [7, 11) is 0. The molecule has 0 radical (unpaired) electrons. The first-order chi connectivity index (χ1) is 5.83. The second-order valence-corrected chi connectivity index (χ2v) is 2.28. The average Bonchev–Trinajstić information content (AvgIpc) is 2.06. The van der Waals surface area contributed by atoms with Crippen LogP contribution in [0.4, 0.5) is 0 Å². The molecule has 0 heterocycles. The zero-order chi connectivity index (χ0) is 8.81. The molecule has 0 spiro atoms. The van der Waals surface area contributed by atoms with Gasteiger partial charge in [0.25, 0.3) is 0 Å². The minimum Gasteiger partial charge on any atom is -0.426 e. The van der Waals surface area contributed by atoms with E-state index in [1.54, 1.807) is 12.1 Å². The predicted molar refractivity (Wildman–Crippen MR) is 51.0 cm³/mol. The molecule has 1 aromatic rings. The minimum absolute atomic E-state index is 0.0520. The van der Waals surface area contributed by atoms with Crippen molar-refractivity contribution in [3.05, 3.63) is 43.2 Å². The van der Waals surface area contributed by atoms with E-state index in [1.165, 1.54) is 6.26 Å². The summed E-state index contributed by atoms with van der Waals surface area (Å²) in [6, 6.07) is 9.18. The van der Waals surface area contributed by atoms with Crippen LogP contribution in [0.5, 0.6) is 5.75 Å². The van der Waals surface area contributed by atoms with Crippen molar-refractivity contribution >= 4 is 17.5 Å². The molecule has 0 aliphatic heterocycles. The van der Waals surface area contributed by atoms with Crippen molar-refractivity contribution in [3.63, 3.8) is 0 Å². The number of para-hydroxylation sites is 1. The van der Waals surface area contributed by atoms with Crippen molar-refractivity contribution in [1.29, 1.82) is 0 Å². The van der Waals surface area contributed by atoms with Gasteiger partial charge in [-0.25, -0.2) is 0 Å². The summed E-state index contributed by atoms with van der Waals surface area (Å²) in [5, 5.41) is 0.0520. The highest BCUT2D eigenvalue weighted by Crippen LogP contribution is 2.08. The van der Waals surface area contributed by atoms with Crippen LogP contribution in [0.1, 0.15) is 0 Å². The van der Waals surface area contributed by atoms with Crippen LogP contribution in [-0.4, -0.2) is 5.24 Å². The van der Waals surface area contributed by atoms with Gasteiger partial charge in [-0.1, -0.05) is 24.8 Å². The number of rotatable bonds is 2. The van der Waals surface area contributed by atoms with Crippen molar-refractivity contribution in [1.82, 2.24) is 0 Å². The summed E-state index contributed by atoms with van der Waals surface area (Å²) in [5.74, 6) is 0.657. The van der Waals surface area contributed by atoms with Gasteiger partial charge in [-0.15, -0.1) is 0 Å². The summed E-state index contributed by atoms with van der Waals surface area (Å²) in [4.78, 5) is 0. The Labute approximate surface area is 76.4 Å². The summed E-state index contributed by atoms with van der Waals surface area (Å²) in [5.41, 5.74) is 0. The SMILES string of the molecule is C=COC(=S)Oc1ccccc1. The van der Waals surface area contributed by atoms with Gasteiger partial charge in [0.1, 0.15) is 5.75 Å². The molecule has 62 valence electrons. The van der Waals surface area contributed by atoms with E-state index in [1.807, 2.05) is 18.2 Å². The zero-order valence-electron chi connectivity index (χ0n) is 6.40. The molecule has 0 saturated carbocycles. The van der Waals surface area contributed by atoms with Crippen LogP contribution in [0.25, 0.3) is 0 Å². The molecule has 0 aromatic heterocycles. The van der Waals surface area contributed by atoms with Crippen LogP contribution in [0.3, 0.4) is 0 Å². The molecule has 0 unspecified atom stereocenters. The van der Waals surface area contributed by atoms with Crippen LogP contribution in [0, 0.1) is 0 Å². The third kappa shape index (κ3) is 2.72. The summed E-state index contributed by atoms with van der Waals surface area (Å²) in [6.45, 7) is 3.35. The van der Waals surface area contributed by atoms with Gasteiger partial charge < -0.3 is 9.47 Å². The van der Waals surface area contributed by atoms with E-state index in [9.17, 15) is 0 Å². The summed E-state index contributed by atoms with van der Waals surface area (Å²) in [6.07, 6.45) is 1.23. The van der Waals surface area contributed by atoms with Crippen molar-refractivity contribution in [2.45, 2.75) is 0 Å². The van der Waals surface area contributed by atoms with Gasteiger partial charge in [0.2, 0.25) is 0 Å². The van der Waals surface area contributed by atoms with Crippen LogP contribution < -0.4 is 4.74 Å². The van der Waals surface area contributed by atoms with Crippen LogP contribution in [-0.2, 0) is 4.74 Å². The lowest BCUT2D eigenvalue weighted by atomic mass is 10.3. The Balaban J connectivity index is 2.52. The Hall–Kier alpha value is -1.35. The third-order valence-corrected chi connectivity index (χ3v) is 1.30. The van der Waals surface area contributed by atoms with Gasteiger partial charge >= 0.3 is 5.24 Å². The Morgan fingerprint density at radius 1 is 1.33 bits per heavy atom. The van der Waals surface area contributed by atoms with Gasteiger partial charge in [-0.05, 0) is 12.1 Å². The maximum absolute atomic E-state index is 5.09. The monoisotopic (exact) mass is 180 g/mol. The first-order valence-corrected chi connectivity index (χ1v) is 3.78.